The summed E-state index contributed by atoms with van der Waals surface area (Å²) in [7, 11) is 1.65. The second kappa shape index (κ2) is 7.59. The minimum absolute atomic E-state index is 0.142. The van der Waals surface area contributed by atoms with Crippen LogP contribution in [0.1, 0.15) is 17.2 Å². The largest absolute Gasteiger partial charge is 0.491 e. The van der Waals surface area contributed by atoms with E-state index in [0.717, 1.165) is 16.9 Å². The highest BCUT2D eigenvalue weighted by Crippen LogP contribution is 2.29. The Morgan fingerprint density at radius 1 is 1.15 bits per heavy atom. The number of benzene rings is 1. The lowest BCUT2D eigenvalue weighted by atomic mass is 9.99. The molecule has 1 atom stereocenters. The van der Waals surface area contributed by atoms with Gasteiger partial charge in [0.1, 0.15) is 12.4 Å². The third kappa shape index (κ3) is 3.54. The van der Waals surface area contributed by atoms with E-state index < -0.39 is 0 Å². The number of hydrogen-bond acceptors (Lipinski definition) is 5. The van der Waals surface area contributed by atoms with E-state index in [-0.39, 0.29) is 6.04 Å². The maximum absolute atomic E-state index is 5.75. The number of hydrogen-bond donors (Lipinski definition) is 2. The molecule has 1 aromatic heterocycles. The molecule has 2 rings (SSSR count). The Hall–Kier alpha value is -1.95. The van der Waals surface area contributed by atoms with E-state index in [9.17, 15) is 0 Å². The third-order valence-corrected chi connectivity index (χ3v) is 2.98. The Labute approximate surface area is 118 Å². The fourth-order valence-corrected chi connectivity index (χ4v) is 2.01. The number of para-hydroxylation sites is 1. The molecule has 1 heterocycles. The molecular weight excluding hydrogens is 254 g/mol. The predicted octanol–water partition coefficient (Wildman–Crippen LogP) is 1.66. The molecule has 20 heavy (non-hydrogen) atoms. The number of ether oxygens (including phenoxy) is 2. The number of methoxy groups -OCH3 is 1. The van der Waals surface area contributed by atoms with Crippen molar-refractivity contribution in [2.75, 3.05) is 20.3 Å². The summed E-state index contributed by atoms with van der Waals surface area (Å²) in [6, 6.07) is 11.5. The molecule has 0 bridgehead atoms. The maximum atomic E-state index is 5.75. The Morgan fingerprint density at radius 2 is 1.90 bits per heavy atom. The smallest absolute Gasteiger partial charge is 0.124 e. The highest BCUT2D eigenvalue weighted by molar-refractivity contribution is 5.41. The number of aromatic nitrogens is 1. The molecule has 1 aromatic carbocycles. The minimum Gasteiger partial charge on any atom is -0.491 e. The lowest BCUT2D eigenvalue weighted by molar-refractivity contribution is 0.145. The van der Waals surface area contributed by atoms with Crippen molar-refractivity contribution >= 4 is 0 Å². The van der Waals surface area contributed by atoms with E-state index in [1.165, 1.54) is 0 Å². The predicted molar refractivity (Wildman–Crippen MR) is 77.2 cm³/mol. The van der Waals surface area contributed by atoms with Crippen LogP contribution in [0.25, 0.3) is 0 Å². The van der Waals surface area contributed by atoms with Gasteiger partial charge in [-0.2, -0.15) is 0 Å². The normalized spacial score (nSPS) is 12.1. The molecule has 5 nitrogen and oxygen atoms in total. The first-order valence-corrected chi connectivity index (χ1v) is 6.43. The van der Waals surface area contributed by atoms with Gasteiger partial charge in [-0.15, -0.1) is 0 Å². The summed E-state index contributed by atoms with van der Waals surface area (Å²) in [4.78, 5) is 4.02. The van der Waals surface area contributed by atoms with Gasteiger partial charge in [0.05, 0.1) is 12.6 Å². The second-order valence-corrected chi connectivity index (χ2v) is 4.26. The number of nitrogens with one attached hydrogen (secondary N) is 1. The number of pyridine rings is 1. The van der Waals surface area contributed by atoms with Gasteiger partial charge in [0.25, 0.3) is 0 Å². The van der Waals surface area contributed by atoms with Crippen LogP contribution in [0.3, 0.4) is 0 Å². The summed E-state index contributed by atoms with van der Waals surface area (Å²) >= 11 is 0. The van der Waals surface area contributed by atoms with Crippen molar-refractivity contribution < 1.29 is 9.47 Å². The van der Waals surface area contributed by atoms with E-state index in [1.54, 1.807) is 19.5 Å². The first-order valence-electron chi connectivity index (χ1n) is 6.43. The molecule has 0 radical (unpaired) electrons. The molecule has 3 N–H and O–H groups in total. The van der Waals surface area contributed by atoms with E-state index in [2.05, 4.69) is 10.4 Å². The van der Waals surface area contributed by atoms with Gasteiger partial charge in [-0.3, -0.25) is 10.8 Å². The fourth-order valence-electron chi connectivity index (χ4n) is 2.01. The van der Waals surface area contributed by atoms with Crippen molar-refractivity contribution in [3.05, 3.63) is 59.9 Å². The van der Waals surface area contributed by atoms with E-state index >= 15 is 0 Å². The summed E-state index contributed by atoms with van der Waals surface area (Å²) in [5, 5.41) is 0. The van der Waals surface area contributed by atoms with Crippen molar-refractivity contribution in [1.82, 2.24) is 10.4 Å². The summed E-state index contributed by atoms with van der Waals surface area (Å²) < 4.78 is 10.7. The Morgan fingerprint density at radius 3 is 2.60 bits per heavy atom. The monoisotopic (exact) mass is 273 g/mol. The molecule has 1 unspecified atom stereocenters. The van der Waals surface area contributed by atoms with Crippen LogP contribution < -0.4 is 16.0 Å². The zero-order valence-electron chi connectivity index (χ0n) is 11.5. The number of nitrogens with two attached hydrogens (primary N) is 1. The third-order valence-electron chi connectivity index (χ3n) is 2.98. The average Bonchev–Trinajstić information content (AvgIpc) is 2.51. The van der Waals surface area contributed by atoms with Gasteiger partial charge in [-0.1, -0.05) is 18.2 Å². The van der Waals surface area contributed by atoms with Crippen molar-refractivity contribution in [3.63, 3.8) is 0 Å². The summed E-state index contributed by atoms with van der Waals surface area (Å²) in [5.41, 5.74) is 4.84. The van der Waals surface area contributed by atoms with Crippen LogP contribution in [0.4, 0.5) is 0 Å². The minimum atomic E-state index is -0.142. The quantitative estimate of drug-likeness (QED) is 0.456. The van der Waals surface area contributed by atoms with Crippen molar-refractivity contribution in [2.24, 2.45) is 5.84 Å². The zero-order chi connectivity index (χ0) is 14.2. The SMILES string of the molecule is COCCOc1ccccc1C(NN)c1ccncc1. The molecule has 0 aliphatic heterocycles. The lowest BCUT2D eigenvalue weighted by Gasteiger charge is -2.20. The molecular formula is C15H19N3O2. The lowest BCUT2D eigenvalue weighted by Crippen LogP contribution is -2.29. The highest BCUT2D eigenvalue weighted by atomic mass is 16.5. The fraction of sp³-hybridized carbons (Fsp3) is 0.267. The van der Waals surface area contributed by atoms with Crippen LogP contribution in [0, 0.1) is 0 Å². The van der Waals surface area contributed by atoms with Gasteiger partial charge in [0, 0.05) is 25.1 Å². The zero-order valence-corrected chi connectivity index (χ0v) is 11.5. The van der Waals surface area contributed by atoms with Gasteiger partial charge < -0.3 is 9.47 Å². The molecule has 106 valence electrons. The number of hydrazine groups is 1. The molecule has 0 aliphatic rings. The van der Waals surface area contributed by atoms with Gasteiger partial charge >= 0.3 is 0 Å². The summed E-state index contributed by atoms with van der Waals surface area (Å²) in [6.07, 6.45) is 3.49. The molecule has 0 saturated carbocycles. The van der Waals surface area contributed by atoms with Gasteiger partial charge in [-0.25, -0.2) is 5.43 Å². The highest BCUT2D eigenvalue weighted by Gasteiger charge is 2.16. The number of nitrogens with zero attached hydrogens (tertiary/aromatic N) is 1. The topological polar surface area (TPSA) is 69.4 Å². The molecule has 0 aliphatic carbocycles. The molecule has 5 heteroatoms. The Bertz CT molecular complexity index is 520. The Balaban J connectivity index is 2.25. The molecule has 2 aromatic rings. The average molecular weight is 273 g/mol. The van der Waals surface area contributed by atoms with Crippen LogP contribution in [0.15, 0.2) is 48.8 Å². The standard InChI is InChI=1S/C15H19N3O2/c1-19-10-11-20-14-5-3-2-4-13(14)15(18-16)12-6-8-17-9-7-12/h2-9,15,18H,10-11,16H2,1H3. The Kier molecular flexibility index (Phi) is 5.49. The van der Waals surface area contributed by atoms with Crippen molar-refractivity contribution in [1.29, 1.82) is 0 Å². The van der Waals surface area contributed by atoms with Crippen molar-refractivity contribution in [2.45, 2.75) is 6.04 Å². The molecule has 0 saturated heterocycles. The van der Waals surface area contributed by atoms with Gasteiger partial charge in [0.15, 0.2) is 0 Å². The van der Waals surface area contributed by atoms with Gasteiger partial charge in [-0.05, 0) is 23.8 Å². The van der Waals surface area contributed by atoms with Crippen LogP contribution in [-0.4, -0.2) is 25.3 Å². The maximum Gasteiger partial charge on any atom is 0.124 e. The molecule has 0 fully saturated rings. The number of rotatable bonds is 7. The van der Waals surface area contributed by atoms with Crippen molar-refractivity contribution in [3.8, 4) is 5.75 Å². The van der Waals surface area contributed by atoms with Crippen LogP contribution in [0.2, 0.25) is 0 Å². The summed E-state index contributed by atoms with van der Waals surface area (Å²) in [5.74, 6) is 6.51. The first kappa shape index (κ1) is 14.5. The second-order valence-electron chi connectivity index (χ2n) is 4.26. The van der Waals surface area contributed by atoms with Gasteiger partial charge in [0.2, 0.25) is 0 Å². The van der Waals surface area contributed by atoms with Crippen LogP contribution >= 0.6 is 0 Å². The van der Waals surface area contributed by atoms with Crippen LogP contribution in [-0.2, 0) is 4.74 Å². The molecule has 0 amide bonds. The first-order chi connectivity index (χ1) is 9.86. The summed E-state index contributed by atoms with van der Waals surface area (Å²) in [6.45, 7) is 1.05. The van der Waals surface area contributed by atoms with E-state index in [0.29, 0.717) is 13.2 Å². The molecule has 0 spiro atoms. The van der Waals surface area contributed by atoms with E-state index in [4.69, 9.17) is 15.3 Å². The van der Waals surface area contributed by atoms with Crippen LogP contribution in [0.5, 0.6) is 5.75 Å². The van der Waals surface area contributed by atoms with E-state index in [1.807, 2.05) is 36.4 Å².